The van der Waals surface area contributed by atoms with Crippen molar-refractivity contribution in [2.45, 2.75) is 50.9 Å². The van der Waals surface area contributed by atoms with Gasteiger partial charge in [0.05, 0.1) is 15.2 Å². The van der Waals surface area contributed by atoms with E-state index < -0.39 is 0 Å². The standard InChI is InChI=1S/C26H26N2O2S/c1-25(2)11-12-28-14-17(24-27-18-7-5-6-8-19(18)31-24)26(3,4)21-22(28)16(25)13-15-9-10-20(29)30-23(15)21/h5-10,13,17H,11-12,14H2,1-4H3. The molecule has 0 spiro atoms. The molecule has 5 heteroatoms. The number of aromatic nitrogens is 1. The van der Waals surface area contributed by atoms with Gasteiger partial charge in [-0.15, -0.1) is 11.3 Å². The van der Waals surface area contributed by atoms with Crippen LogP contribution in [-0.2, 0) is 10.8 Å². The number of rotatable bonds is 1. The Morgan fingerprint density at radius 3 is 2.74 bits per heavy atom. The predicted molar refractivity (Wildman–Crippen MR) is 128 cm³/mol. The fraction of sp³-hybridized carbons (Fsp3) is 0.385. The molecule has 4 aromatic rings. The van der Waals surface area contributed by atoms with Crippen LogP contribution in [0, 0.1) is 0 Å². The van der Waals surface area contributed by atoms with Crippen LogP contribution in [0.1, 0.15) is 56.2 Å². The molecular weight excluding hydrogens is 404 g/mol. The molecule has 0 saturated heterocycles. The maximum absolute atomic E-state index is 12.2. The molecule has 1 unspecified atom stereocenters. The Hall–Kier alpha value is -2.66. The first-order chi connectivity index (χ1) is 14.8. The summed E-state index contributed by atoms with van der Waals surface area (Å²) < 4.78 is 7.11. The van der Waals surface area contributed by atoms with Gasteiger partial charge < -0.3 is 9.32 Å². The van der Waals surface area contributed by atoms with Gasteiger partial charge in [-0.25, -0.2) is 9.78 Å². The smallest absolute Gasteiger partial charge is 0.336 e. The van der Waals surface area contributed by atoms with E-state index in [1.54, 1.807) is 11.3 Å². The van der Waals surface area contributed by atoms with Crippen LogP contribution in [-0.4, -0.2) is 18.1 Å². The van der Waals surface area contributed by atoms with Crippen LogP contribution in [0.4, 0.5) is 5.69 Å². The topological polar surface area (TPSA) is 46.3 Å². The lowest BCUT2D eigenvalue weighted by molar-refractivity contribution is 0.358. The molecule has 0 radical (unpaired) electrons. The number of thiazole rings is 1. The number of fused-ring (bicyclic) bond motifs is 3. The van der Waals surface area contributed by atoms with Gasteiger partial charge in [-0.2, -0.15) is 0 Å². The Kier molecular flexibility index (Phi) is 3.81. The highest BCUT2D eigenvalue weighted by atomic mass is 32.1. The molecule has 1 atom stereocenters. The van der Waals surface area contributed by atoms with Crippen molar-refractivity contribution >= 4 is 38.2 Å². The van der Waals surface area contributed by atoms with E-state index in [0.717, 1.165) is 36.0 Å². The summed E-state index contributed by atoms with van der Waals surface area (Å²) in [5, 5.41) is 2.18. The van der Waals surface area contributed by atoms with E-state index in [0.29, 0.717) is 0 Å². The monoisotopic (exact) mass is 430 g/mol. The normalized spacial score (nSPS) is 21.4. The molecule has 2 aromatic heterocycles. The van der Waals surface area contributed by atoms with Crippen molar-refractivity contribution in [2.24, 2.45) is 0 Å². The highest BCUT2D eigenvalue weighted by molar-refractivity contribution is 7.18. The Morgan fingerprint density at radius 1 is 1.13 bits per heavy atom. The highest BCUT2D eigenvalue weighted by Gasteiger charge is 2.48. The summed E-state index contributed by atoms with van der Waals surface area (Å²) in [6, 6.07) is 14.1. The molecule has 6 rings (SSSR count). The van der Waals surface area contributed by atoms with E-state index >= 15 is 0 Å². The minimum absolute atomic E-state index is 0.0870. The Bertz CT molecular complexity index is 1380. The molecule has 31 heavy (non-hydrogen) atoms. The minimum Gasteiger partial charge on any atom is -0.422 e. The lowest BCUT2D eigenvalue weighted by atomic mass is 9.65. The zero-order valence-corrected chi connectivity index (χ0v) is 19.2. The van der Waals surface area contributed by atoms with Crippen molar-refractivity contribution in [3.63, 3.8) is 0 Å². The molecule has 2 aliphatic heterocycles. The summed E-state index contributed by atoms with van der Waals surface area (Å²) in [5.41, 5.74) is 5.19. The Morgan fingerprint density at radius 2 is 1.94 bits per heavy atom. The second-order valence-corrected chi connectivity index (χ2v) is 11.3. The van der Waals surface area contributed by atoms with Gasteiger partial charge in [-0.1, -0.05) is 39.8 Å². The first-order valence-corrected chi connectivity index (χ1v) is 11.8. The van der Waals surface area contributed by atoms with Gasteiger partial charge in [0.15, 0.2) is 0 Å². The van der Waals surface area contributed by atoms with Crippen molar-refractivity contribution in [1.82, 2.24) is 4.98 Å². The maximum Gasteiger partial charge on any atom is 0.336 e. The van der Waals surface area contributed by atoms with Crippen molar-refractivity contribution in [3.8, 4) is 0 Å². The van der Waals surface area contributed by atoms with Crippen LogP contribution in [0.15, 0.2) is 51.7 Å². The zero-order valence-electron chi connectivity index (χ0n) is 18.4. The van der Waals surface area contributed by atoms with Crippen LogP contribution in [0.2, 0.25) is 0 Å². The second kappa shape index (κ2) is 6.19. The van der Waals surface area contributed by atoms with Gasteiger partial charge in [-0.05, 0) is 41.7 Å². The molecule has 0 bridgehead atoms. The van der Waals surface area contributed by atoms with Gasteiger partial charge >= 0.3 is 5.63 Å². The van der Waals surface area contributed by atoms with E-state index in [9.17, 15) is 4.79 Å². The average molecular weight is 431 g/mol. The first-order valence-electron chi connectivity index (χ1n) is 11.0. The van der Waals surface area contributed by atoms with Gasteiger partial charge in [0.2, 0.25) is 0 Å². The minimum atomic E-state index is -0.289. The summed E-state index contributed by atoms with van der Waals surface area (Å²) in [6.07, 6.45) is 1.11. The van der Waals surface area contributed by atoms with Gasteiger partial charge in [0, 0.05) is 47.1 Å². The van der Waals surface area contributed by atoms with Crippen molar-refractivity contribution in [2.75, 3.05) is 18.0 Å². The van der Waals surface area contributed by atoms with Crippen LogP contribution in [0.5, 0.6) is 0 Å². The third-order valence-electron chi connectivity index (χ3n) is 7.46. The van der Waals surface area contributed by atoms with E-state index in [4.69, 9.17) is 9.40 Å². The third-order valence-corrected chi connectivity index (χ3v) is 8.61. The van der Waals surface area contributed by atoms with Crippen LogP contribution >= 0.6 is 11.3 Å². The van der Waals surface area contributed by atoms with Gasteiger partial charge in [0.1, 0.15) is 5.58 Å². The lowest BCUT2D eigenvalue weighted by Gasteiger charge is -2.51. The average Bonchev–Trinajstić information content (AvgIpc) is 3.15. The number of para-hydroxylation sites is 1. The molecule has 0 saturated carbocycles. The molecule has 0 fully saturated rings. The molecule has 0 amide bonds. The number of hydrogen-bond acceptors (Lipinski definition) is 5. The summed E-state index contributed by atoms with van der Waals surface area (Å²) in [4.78, 5) is 19.8. The second-order valence-electron chi connectivity index (χ2n) is 10.2. The Balaban J connectivity index is 1.66. The number of benzene rings is 2. The van der Waals surface area contributed by atoms with Crippen LogP contribution in [0.25, 0.3) is 21.2 Å². The molecular formula is C26H26N2O2S. The molecule has 2 aromatic carbocycles. The van der Waals surface area contributed by atoms with E-state index in [-0.39, 0.29) is 22.4 Å². The maximum atomic E-state index is 12.2. The highest BCUT2D eigenvalue weighted by Crippen LogP contribution is 2.56. The predicted octanol–water partition coefficient (Wildman–Crippen LogP) is 5.97. The van der Waals surface area contributed by atoms with Gasteiger partial charge in [0.25, 0.3) is 0 Å². The lowest BCUT2D eigenvalue weighted by Crippen LogP contribution is -2.48. The van der Waals surface area contributed by atoms with Gasteiger partial charge in [-0.3, -0.25) is 0 Å². The van der Waals surface area contributed by atoms with E-state index in [1.807, 2.05) is 12.1 Å². The molecule has 158 valence electrons. The fourth-order valence-electron chi connectivity index (χ4n) is 5.54. The largest absolute Gasteiger partial charge is 0.422 e. The third kappa shape index (κ3) is 2.65. The zero-order chi connectivity index (χ0) is 21.5. The molecule has 0 N–H and O–H groups in total. The number of nitrogens with zero attached hydrogens (tertiary/aromatic N) is 2. The summed E-state index contributed by atoms with van der Waals surface area (Å²) in [7, 11) is 0. The van der Waals surface area contributed by atoms with Crippen molar-refractivity contribution in [3.05, 3.63) is 69.0 Å². The quantitative estimate of drug-likeness (QED) is 0.349. The molecule has 4 heterocycles. The first kappa shape index (κ1) is 19.1. The summed E-state index contributed by atoms with van der Waals surface area (Å²) in [6.45, 7) is 11.2. The fourth-order valence-corrected chi connectivity index (χ4v) is 6.78. The summed E-state index contributed by atoms with van der Waals surface area (Å²) in [5.74, 6) is 0.225. The molecule has 2 aliphatic rings. The molecule has 4 nitrogen and oxygen atoms in total. The van der Waals surface area contributed by atoms with Crippen molar-refractivity contribution < 1.29 is 4.42 Å². The Labute approximate surface area is 185 Å². The van der Waals surface area contributed by atoms with Crippen LogP contribution in [0.3, 0.4) is 0 Å². The van der Waals surface area contributed by atoms with E-state index in [2.05, 4.69) is 56.9 Å². The molecule has 0 aliphatic carbocycles. The van der Waals surface area contributed by atoms with Crippen molar-refractivity contribution in [1.29, 1.82) is 0 Å². The van der Waals surface area contributed by atoms with Crippen LogP contribution < -0.4 is 10.5 Å². The summed E-state index contributed by atoms with van der Waals surface area (Å²) >= 11 is 1.79. The van der Waals surface area contributed by atoms with E-state index in [1.165, 1.54) is 32.6 Å². The number of hydrogen-bond donors (Lipinski definition) is 0. The SMILES string of the molecule is CC1(C)CCN2CC(c3nc4ccccc4s3)C(C)(C)c3c2c1cc1ccc(=O)oc31. The number of anilines is 1.